The number of hydrogen-bond acceptors (Lipinski definition) is 26. The van der Waals surface area contributed by atoms with E-state index in [-0.39, 0.29) is 11.6 Å². The number of carbonyl (C=O) groups is 2. The monoisotopic (exact) mass is 2520 g/mol. The maximum Gasteiger partial charge on any atom is 0.205 e. The van der Waals surface area contributed by atoms with Gasteiger partial charge in [-0.3, -0.25) is 9.59 Å². The van der Waals surface area contributed by atoms with Gasteiger partial charge in [-0.25, -0.2) is 0 Å². The normalized spacial score (nSPS) is 15.4. The van der Waals surface area contributed by atoms with Crippen molar-refractivity contribution in [2.45, 2.75) is 299 Å². The van der Waals surface area contributed by atoms with E-state index >= 15 is 0 Å². The smallest absolute Gasteiger partial charge is 0.205 e. The van der Waals surface area contributed by atoms with Gasteiger partial charge in [-0.15, -0.1) is 90.7 Å². The van der Waals surface area contributed by atoms with Crippen LogP contribution in [0.2, 0.25) is 29.6 Å². The number of ether oxygens (including phenoxy) is 12. The van der Waals surface area contributed by atoms with Crippen LogP contribution in [0.25, 0.3) is 82.1 Å². The summed E-state index contributed by atoms with van der Waals surface area (Å²) < 4.78 is 82.7. The van der Waals surface area contributed by atoms with Crippen molar-refractivity contribution in [2.75, 3.05) is 84.6 Å². The molecule has 14 nitrogen and oxygen atoms in total. The second kappa shape index (κ2) is 55.9. The Labute approximate surface area is 951 Å². The third-order valence-corrected chi connectivity index (χ3v) is 61.9. The Bertz CT molecular complexity index is 6200. The van der Waals surface area contributed by atoms with Gasteiger partial charge in [-0.05, 0) is 95.1 Å². The van der Waals surface area contributed by atoms with Crippen LogP contribution in [0.1, 0.15) is 292 Å². The van der Waals surface area contributed by atoms with Crippen molar-refractivity contribution in [1.29, 1.82) is 0 Å². The average molecular weight is 2530 g/mol. The van der Waals surface area contributed by atoms with E-state index in [0.29, 0.717) is 124 Å². The van der Waals surface area contributed by atoms with E-state index in [9.17, 15) is 9.59 Å². The van der Waals surface area contributed by atoms with Crippen LogP contribution >= 0.6 is 152 Å². The largest absolute Gasteiger partial charge is 0.485 e. The standard InChI is InChI=1S/C38H46O4S4.C38H44O4S4.C14H22O2S.C10H4O2S2.C8H17Br.C6H6O2S.6CH3.2Sn/c2*1-5-9-11-23(7-3)21-27-31-33(41-17-15-39-31)37(45-27)29-25-13-19-44-36(25)30(26-14-20-43-35(26)29)38-34-32(40-16-18-42-34)28(46-38)22-24(8-4)12-10-6-2;1-3-5-6-11(4-2)9-13-14-12(10-17-13)15-7-8-16-14;11-7-5-1-3-13-9(5)8(12)6-2-4-14-10(6)7;1-3-5-6-8(4-2)7-9;1-2-8-6-4-9-3-5(6)7-1;;;;;;;;/h13-14,19-20,23-24H,5-12,15-18,21-22H2,1-4H3;13-14,23-24H,5-12,15-18,21-22H2,1-4H3;10-11H,3-9H2,1-2H3;1-4H;8H,3-7H2,1-2H3;3-4H,1-2H2;6*1H3;;. The van der Waals surface area contributed by atoms with Crippen molar-refractivity contribution >= 4 is 246 Å². The molecule has 12 aromatic heterocycles. The Morgan fingerprint density at radius 2 is 0.557 bits per heavy atom. The quantitative estimate of drug-likeness (QED) is 0.0265. The number of unbranched alkanes of at least 4 members (excludes halogenated alkanes) is 6. The van der Waals surface area contributed by atoms with Gasteiger partial charge < -0.3 is 37.9 Å². The van der Waals surface area contributed by atoms with Gasteiger partial charge in [0, 0.05) is 63.9 Å². The van der Waals surface area contributed by atoms with E-state index in [0.717, 1.165) is 113 Å². The Kier molecular flexibility index (Phi) is 43.7. The average Bonchev–Trinajstić information content (AvgIpc) is 1.55. The van der Waals surface area contributed by atoms with Crippen LogP contribution in [0.4, 0.5) is 0 Å². The number of hydrogen-bond donors (Lipinski definition) is 0. The van der Waals surface area contributed by atoms with Crippen LogP contribution in [-0.4, -0.2) is 133 Å². The van der Waals surface area contributed by atoms with Gasteiger partial charge in [0.15, 0.2) is 46.0 Å². The zero-order valence-electron chi connectivity index (χ0n) is 91.2. The summed E-state index contributed by atoms with van der Waals surface area (Å²) in [6, 6.07) is 13.3. The number of thiophene rings is 12. The van der Waals surface area contributed by atoms with Crippen LogP contribution in [-0.2, 0) is 32.1 Å². The zero-order chi connectivity index (χ0) is 105. The zero-order valence-corrected chi connectivity index (χ0v) is 108. The summed E-state index contributed by atoms with van der Waals surface area (Å²) in [5, 5.41) is 20.7. The molecule has 7 aliphatic rings. The van der Waals surface area contributed by atoms with Gasteiger partial charge in [0.2, 0.25) is 11.6 Å². The molecule has 0 bridgehead atoms. The first kappa shape index (κ1) is 116. The first-order chi connectivity index (χ1) is 72.5. The van der Waals surface area contributed by atoms with E-state index < -0.39 is 36.8 Å². The molecule has 0 radical (unpaired) electrons. The molecule has 29 heteroatoms. The molecule has 14 aromatic rings. The molecule has 149 heavy (non-hydrogen) atoms. The number of ketones is 2. The third kappa shape index (κ3) is 27.4. The molecule has 0 saturated heterocycles. The van der Waals surface area contributed by atoms with Crippen LogP contribution in [0.15, 0.2) is 74.1 Å². The number of halogens is 1. The number of fused-ring (bicyclic) bond motifs is 12. The number of carbonyl (C=O) groups excluding carboxylic acids is 2. The van der Waals surface area contributed by atoms with E-state index in [4.69, 9.17) is 56.8 Å². The van der Waals surface area contributed by atoms with E-state index in [1.807, 2.05) is 78.8 Å². The minimum Gasteiger partial charge on any atom is -0.485 e. The second-order valence-electron chi connectivity index (χ2n) is 42.4. The maximum atomic E-state index is 11.8. The first-order valence-electron chi connectivity index (χ1n) is 55.6. The Hall–Kier alpha value is -5.10. The Morgan fingerprint density at radius 3 is 0.859 bits per heavy atom. The Balaban J connectivity index is 0.000000147. The molecule has 18 heterocycles. The first-order valence-corrected chi connectivity index (χ1v) is 86.9. The molecule has 6 unspecified atom stereocenters. The number of alkyl halides is 1. The summed E-state index contributed by atoms with van der Waals surface area (Å²) in [6.07, 6.45) is 36.0. The SMILES string of the molecule is CCCCC(CC)CBr.CCCCC(CC)Cc1sc(-c2c3c[c]([Sn]([CH3])([CH3])[CH3])sc3c(-c3sc(CC(CC)CCCC)c4c3OCCO4)c3c[c]([Sn]([CH3])([CH3])[CH3])sc23)c2c1OCCO2.CCCCC(CC)Cc1sc(-c2c3ccsc3c(-c3sc(CC(CC)CCCC)c4c3OCCO4)c3ccsc23)c2c1OCCO2.CCCCC(CC)Cc1scc2c1OCCO2.O=C1c2ccsc2C(=O)c2ccsc21.c1scc2c1OCCO2. The van der Waals surface area contributed by atoms with E-state index in [2.05, 4.69) is 192 Å². The minimum absolute atomic E-state index is 0.00847. The summed E-state index contributed by atoms with van der Waals surface area (Å²) in [5.41, 5.74) is 6.52. The second-order valence-corrected chi connectivity index (χ2v) is 85.8. The van der Waals surface area contributed by atoms with Crippen LogP contribution in [0, 0.1) is 35.5 Å². The summed E-state index contributed by atoms with van der Waals surface area (Å²) in [7, 11) is 0. The molecule has 6 aliphatic heterocycles. The molecule has 2 aromatic carbocycles. The summed E-state index contributed by atoms with van der Waals surface area (Å²) in [5.74, 6) is 16.1. The van der Waals surface area contributed by atoms with Gasteiger partial charge in [-0.1, -0.05) is 181 Å². The van der Waals surface area contributed by atoms with Crippen molar-refractivity contribution < 1.29 is 66.4 Å². The molecule has 0 fully saturated rings. The molecular weight excluding hydrogens is 2370 g/mol. The maximum absolute atomic E-state index is 11.8. The summed E-state index contributed by atoms with van der Waals surface area (Å²) in [4.78, 5) is 52.1. The van der Waals surface area contributed by atoms with Crippen molar-refractivity contribution in [2.24, 2.45) is 35.5 Å². The van der Waals surface area contributed by atoms with Gasteiger partial charge in [0.05, 0.1) is 34.1 Å². The Morgan fingerprint density at radius 1 is 0.282 bits per heavy atom. The molecule has 1 aliphatic carbocycles. The molecule has 808 valence electrons. The fourth-order valence-corrected chi connectivity index (χ4v) is 45.3. The van der Waals surface area contributed by atoms with Gasteiger partial charge in [-0.2, -0.15) is 0 Å². The predicted molar refractivity (Wildman–Crippen MR) is 656 cm³/mol. The van der Waals surface area contributed by atoms with E-state index in [1.54, 1.807) is 51.4 Å². The van der Waals surface area contributed by atoms with Crippen molar-refractivity contribution in [3.63, 3.8) is 0 Å². The van der Waals surface area contributed by atoms with Crippen LogP contribution in [0.3, 0.4) is 0 Å². The van der Waals surface area contributed by atoms with Crippen LogP contribution < -0.4 is 62.6 Å². The molecular formula is C120H157BrO14S12Sn2. The molecule has 0 amide bonds. The van der Waals surface area contributed by atoms with Gasteiger partial charge in [0.1, 0.15) is 52.9 Å². The molecule has 6 atom stereocenters. The predicted octanol–water partition coefficient (Wildman–Crippen LogP) is 38.3. The fraction of sp³-hybridized carbons (Fsp3) is 0.550. The number of rotatable bonds is 41. The minimum atomic E-state index is -2.51. The summed E-state index contributed by atoms with van der Waals surface area (Å²) >= 11 is 20.1. The topological polar surface area (TPSA) is 145 Å². The van der Waals surface area contributed by atoms with E-state index in [1.165, 1.54) is 289 Å². The summed E-state index contributed by atoms with van der Waals surface area (Å²) in [6.45, 7) is 35.3. The molecule has 21 rings (SSSR count). The number of benzene rings is 2. The molecule has 0 N–H and O–H groups in total. The third-order valence-electron chi connectivity index (χ3n) is 29.7. The van der Waals surface area contributed by atoms with Crippen molar-refractivity contribution in [1.82, 2.24) is 0 Å². The molecule has 0 spiro atoms. The fourth-order valence-electron chi connectivity index (χ4n) is 20.6. The van der Waals surface area contributed by atoms with Crippen molar-refractivity contribution in [3.05, 3.63) is 119 Å². The molecule has 0 saturated carbocycles. The van der Waals surface area contributed by atoms with Crippen LogP contribution in [0.5, 0.6) is 69.0 Å². The van der Waals surface area contributed by atoms with Crippen molar-refractivity contribution in [3.8, 4) is 111 Å². The van der Waals surface area contributed by atoms with Gasteiger partial charge >= 0.3 is 339 Å². The van der Waals surface area contributed by atoms with Gasteiger partial charge in [0.25, 0.3) is 0 Å².